The number of rotatable bonds is 8. The Balaban J connectivity index is 1.76. The summed E-state index contributed by atoms with van der Waals surface area (Å²) in [5.74, 6) is 0.303. The molecule has 201 valence electrons. The van der Waals surface area contributed by atoms with Gasteiger partial charge in [-0.2, -0.15) is 5.26 Å². The van der Waals surface area contributed by atoms with Gasteiger partial charge in [-0.05, 0) is 48.0 Å². The molecule has 1 radical (unpaired) electrons. The lowest BCUT2D eigenvalue weighted by Gasteiger charge is -2.39. The highest BCUT2D eigenvalue weighted by Gasteiger charge is 2.44. The van der Waals surface area contributed by atoms with Crippen molar-refractivity contribution in [2.75, 3.05) is 23.3 Å². The zero-order chi connectivity index (χ0) is 28.6. The Hall–Kier alpha value is -2.97. The Morgan fingerprint density at radius 1 is 1.28 bits per heavy atom. The van der Waals surface area contributed by atoms with Gasteiger partial charge in [0.2, 0.25) is 5.95 Å². The average molecular weight is 580 g/mol. The molecule has 0 saturated heterocycles. The third kappa shape index (κ3) is 5.97. The van der Waals surface area contributed by atoms with Gasteiger partial charge in [-0.1, -0.05) is 50.9 Å². The van der Waals surface area contributed by atoms with Crippen LogP contribution >= 0.6 is 23.2 Å². The largest absolute Gasteiger partial charge is 0.416 e. The van der Waals surface area contributed by atoms with Crippen molar-refractivity contribution in [1.29, 1.82) is 5.26 Å². The van der Waals surface area contributed by atoms with E-state index in [9.17, 15) is 10.1 Å². The average Bonchev–Trinajstić information content (AvgIpc) is 3.16. The molecule has 4 rings (SSSR count). The lowest BCUT2D eigenvalue weighted by molar-refractivity contribution is 0.219. The number of fused-ring (bicyclic) bond motifs is 1. The number of nitrogens with one attached hydrogen (secondary N) is 1. The Bertz CT molecular complexity index is 1460. The monoisotopic (exact) mass is 579 g/mol. The van der Waals surface area contributed by atoms with E-state index in [1.807, 2.05) is 10.9 Å². The predicted octanol–water partition coefficient (Wildman–Crippen LogP) is 6.37. The van der Waals surface area contributed by atoms with Crippen LogP contribution in [0.15, 0.2) is 36.7 Å². The van der Waals surface area contributed by atoms with Gasteiger partial charge in [0.25, 0.3) is 0 Å². The summed E-state index contributed by atoms with van der Waals surface area (Å²) in [5, 5.41) is 13.9. The third-order valence-electron chi connectivity index (χ3n) is 7.49. The van der Waals surface area contributed by atoms with Crippen molar-refractivity contribution in [3.63, 3.8) is 0 Å². The fraction of sp³-hybridized carbons (Fsp3) is 0.370. The normalized spacial score (nSPS) is 16.9. The number of hydrogen-bond donors (Lipinski definition) is 1. The van der Waals surface area contributed by atoms with Crippen LogP contribution in [0.25, 0.3) is 11.3 Å². The van der Waals surface area contributed by atoms with Gasteiger partial charge in [0, 0.05) is 42.2 Å². The van der Waals surface area contributed by atoms with Crippen molar-refractivity contribution in [2.24, 2.45) is 0 Å². The number of carbonyl (C=O) groups excluding carboxylic acids is 1. The first kappa shape index (κ1) is 29.0. The van der Waals surface area contributed by atoms with E-state index < -0.39 is 13.7 Å². The van der Waals surface area contributed by atoms with Gasteiger partial charge < -0.3 is 19.3 Å². The van der Waals surface area contributed by atoms with E-state index in [1.54, 1.807) is 24.4 Å². The summed E-state index contributed by atoms with van der Waals surface area (Å²) >= 11 is 12.3. The molecule has 1 atom stereocenters. The zero-order valence-electron chi connectivity index (χ0n) is 22.8. The molecule has 3 heterocycles. The number of carbonyl (C=O) groups is 1. The predicted molar refractivity (Wildman–Crippen MR) is 160 cm³/mol. The van der Waals surface area contributed by atoms with Crippen molar-refractivity contribution < 1.29 is 9.22 Å². The third-order valence-corrected chi connectivity index (χ3v) is 12.5. The van der Waals surface area contributed by atoms with E-state index in [0.717, 1.165) is 23.0 Å². The molecule has 39 heavy (non-hydrogen) atoms. The summed E-state index contributed by atoms with van der Waals surface area (Å²) in [6.45, 7) is 14.1. The Morgan fingerprint density at radius 2 is 2.03 bits per heavy atom. The SMILES string of the molecule is CC1(CO[Si](C)(C)C(C)(C)C)CN([B]C=O)c2c(C#N)cc(-c3ccnc(Nc4cc(Cl)cnc4Cl)n3)cc21. The second-order valence-electron chi connectivity index (χ2n) is 11.4. The summed E-state index contributed by atoms with van der Waals surface area (Å²) in [6.07, 6.45) is 3.83. The van der Waals surface area contributed by atoms with Gasteiger partial charge in [-0.25, -0.2) is 15.0 Å². The minimum atomic E-state index is -2.05. The second-order valence-corrected chi connectivity index (χ2v) is 17.0. The highest BCUT2D eigenvalue weighted by atomic mass is 35.5. The van der Waals surface area contributed by atoms with Crippen LogP contribution in [-0.2, 0) is 14.6 Å². The van der Waals surface area contributed by atoms with E-state index in [-0.39, 0.29) is 10.2 Å². The first-order valence-electron chi connectivity index (χ1n) is 12.5. The molecule has 12 heteroatoms. The maximum atomic E-state index is 11.5. The number of nitrogens with zero attached hydrogens (tertiary/aromatic N) is 5. The number of benzene rings is 1. The molecule has 0 amide bonds. The molecule has 1 N–H and O–H groups in total. The number of hydrogen-bond acceptors (Lipinski definition) is 8. The van der Waals surface area contributed by atoms with Gasteiger partial charge in [0.05, 0.1) is 22.0 Å². The van der Waals surface area contributed by atoms with Crippen LogP contribution in [0.3, 0.4) is 0 Å². The summed E-state index contributed by atoms with van der Waals surface area (Å²) < 4.78 is 6.65. The molecule has 2 aromatic heterocycles. The van der Waals surface area contributed by atoms with Crippen molar-refractivity contribution >= 4 is 62.4 Å². The number of aromatic nitrogens is 3. The summed E-state index contributed by atoms with van der Waals surface area (Å²) in [5.41, 5.74) is 3.48. The maximum absolute atomic E-state index is 11.5. The smallest absolute Gasteiger partial charge is 0.329 e. The zero-order valence-corrected chi connectivity index (χ0v) is 25.4. The molecule has 0 aliphatic carbocycles. The molecule has 0 fully saturated rings. The minimum Gasteiger partial charge on any atom is -0.416 e. The van der Waals surface area contributed by atoms with Crippen molar-refractivity contribution in [3.8, 4) is 17.3 Å². The lowest BCUT2D eigenvalue weighted by atomic mass is 9.83. The van der Waals surface area contributed by atoms with Gasteiger partial charge in [-0.3, -0.25) is 0 Å². The van der Waals surface area contributed by atoms with Gasteiger partial charge in [0.15, 0.2) is 13.5 Å². The first-order chi connectivity index (χ1) is 18.3. The topological polar surface area (TPSA) is 104 Å². The Kier molecular flexibility index (Phi) is 8.11. The molecule has 0 saturated carbocycles. The van der Waals surface area contributed by atoms with Gasteiger partial charge >= 0.3 is 7.41 Å². The van der Waals surface area contributed by atoms with E-state index in [2.05, 4.69) is 67.1 Å². The molecule has 3 aromatic rings. The fourth-order valence-electron chi connectivity index (χ4n) is 4.27. The second kappa shape index (κ2) is 10.9. The van der Waals surface area contributed by atoms with Crippen LogP contribution in [0.2, 0.25) is 28.3 Å². The van der Waals surface area contributed by atoms with E-state index in [4.69, 9.17) is 27.6 Å². The standard InChI is InChI=1S/C27H30BCl2N6O2Si/c1-26(2,3)39(5,6)38-15-27(4)14-36(28-16-37)23-18(12-31)9-17(10-20(23)27)21-7-8-32-25(34-21)35-22-11-19(29)13-33-24(22)30/h7-11,13,16H,14-15H2,1-6H3,(H,32,34,35). The molecule has 1 aliphatic heterocycles. The fourth-order valence-corrected chi connectivity index (χ4v) is 5.69. The number of pyridine rings is 1. The van der Waals surface area contributed by atoms with Crippen LogP contribution in [0.4, 0.5) is 17.3 Å². The number of nitriles is 1. The molecule has 8 nitrogen and oxygen atoms in total. The lowest BCUT2D eigenvalue weighted by Crippen LogP contribution is -2.46. The summed E-state index contributed by atoms with van der Waals surface area (Å²) in [4.78, 5) is 26.4. The number of halogens is 2. The maximum Gasteiger partial charge on any atom is 0.329 e. The summed E-state index contributed by atoms with van der Waals surface area (Å²) in [6, 6.07) is 9.55. The molecule has 0 spiro atoms. The molecule has 0 bridgehead atoms. The highest BCUT2D eigenvalue weighted by Crippen LogP contribution is 2.46. The first-order valence-corrected chi connectivity index (χ1v) is 16.1. The highest BCUT2D eigenvalue weighted by molar-refractivity contribution is 6.74. The molecular formula is C27H30BCl2N6O2Si. The van der Waals surface area contributed by atoms with Crippen LogP contribution in [0.1, 0.15) is 38.8 Å². The van der Waals surface area contributed by atoms with Crippen molar-refractivity contribution in [2.45, 2.75) is 51.2 Å². The Labute approximate surface area is 241 Å². The van der Waals surface area contributed by atoms with Crippen LogP contribution in [0, 0.1) is 11.3 Å². The summed E-state index contributed by atoms with van der Waals surface area (Å²) in [7, 11) is -0.573. The minimum absolute atomic E-state index is 0.0465. The number of anilines is 3. The van der Waals surface area contributed by atoms with Gasteiger partial charge in [-0.15, -0.1) is 0 Å². The quantitative estimate of drug-likeness (QED) is 0.186. The molecule has 1 aromatic carbocycles. The van der Waals surface area contributed by atoms with Crippen LogP contribution < -0.4 is 10.1 Å². The van der Waals surface area contributed by atoms with Crippen LogP contribution in [-0.4, -0.2) is 50.0 Å². The molecule has 1 aliphatic rings. The van der Waals surface area contributed by atoms with E-state index in [1.165, 1.54) is 13.6 Å². The van der Waals surface area contributed by atoms with E-state index >= 15 is 0 Å². The Morgan fingerprint density at radius 3 is 2.69 bits per heavy atom. The molecule has 1 unspecified atom stereocenters. The van der Waals surface area contributed by atoms with E-state index in [0.29, 0.717) is 41.1 Å². The van der Waals surface area contributed by atoms with Crippen molar-refractivity contribution in [1.82, 2.24) is 15.0 Å². The molecular weight excluding hydrogens is 550 g/mol. The van der Waals surface area contributed by atoms with Crippen molar-refractivity contribution in [3.05, 3.63) is 58.0 Å². The van der Waals surface area contributed by atoms with Crippen LogP contribution in [0.5, 0.6) is 0 Å². The van der Waals surface area contributed by atoms with Gasteiger partial charge in [0.1, 0.15) is 12.3 Å².